The Morgan fingerprint density at radius 2 is 2.19 bits per heavy atom. The molecule has 0 aromatic carbocycles. The van der Waals surface area contributed by atoms with Crippen LogP contribution in [0.4, 0.5) is 0 Å². The van der Waals surface area contributed by atoms with Crippen LogP contribution in [0.2, 0.25) is 0 Å². The van der Waals surface area contributed by atoms with Gasteiger partial charge in [0.05, 0.1) is 0 Å². The van der Waals surface area contributed by atoms with Gasteiger partial charge in [-0.1, -0.05) is 26.2 Å². The molecular formula is C12H22N4. The molecule has 1 aliphatic rings. The summed E-state index contributed by atoms with van der Waals surface area (Å²) in [6, 6.07) is 0.746. The zero-order valence-electron chi connectivity index (χ0n) is 10.2. The minimum absolute atomic E-state index is 0.746. The third-order valence-electron chi connectivity index (χ3n) is 3.40. The number of nitrogens with zero attached hydrogens (tertiary/aromatic N) is 3. The number of aromatic nitrogens is 3. The first-order valence-corrected chi connectivity index (χ1v) is 6.50. The highest BCUT2D eigenvalue weighted by Crippen LogP contribution is 2.17. The lowest BCUT2D eigenvalue weighted by Crippen LogP contribution is -2.33. The average molecular weight is 222 g/mol. The summed E-state index contributed by atoms with van der Waals surface area (Å²) in [5.74, 6) is 1.09. The molecule has 0 unspecified atom stereocenters. The summed E-state index contributed by atoms with van der Waals surface area (Å²) in [7, 11) is 0. The Hall–Kier alpha value is -0.900. The van der Waals surface area contributed by atoms with Gasteiger partial charge in [0.2, 0.25) is 0 Å². The van der Waals surface area contributed by atoms with Gasteiger partial charge in [-0.15, -0.1) is 10.2 Å². The van der Waals surface area contributed by atoms with Crippen molar-refractivity contribution in [3.8, 4) is 0 Å². The molecule has 1 N–H and O–H groups in total. The van der Waals surface area contributed by atoms with Crippen molar-refractivity contribution in [3.05, 3.63) is 12.2 Å². The number of hydrogen-bond donors (Lipinski definition) is 1. The van der Waals surface area contributed by atoms with E-state index in [2.05, 4.69) is 27.0 Å². The highest BCUT2D eigenvalue weighted by Gasteiger charge is 2.12. The van der Waals surface area contributed by atoms with Crippen LogP contribution >= 0.6 is 0 Å². The highest BCUT2D eigenvalue weighted by atomic mass is 15.3. The van der Waals surface area contributed by atoms with Gasteiger partial charge in [0.25, 0.3) is 0 Å². The van der Waals surface area contributed by atoms with E-state index in [4.69, 9.17) is 0 Å². The number of hydrogen-bond acceptors (Lipinski definition) is 3. The summed E-state index contributed by atoms with van der Waals surface area (Å²) in [6.45, 7) is 4.15. The third kappa shape index (κ3) is 3.04. The van der Waals surface area contributed by atoms with E-state index in [1.54, 1.807) is 0 Å². The molecule has 1 saturated carbocycles. The molecule has 0 radical (unpaired) electrons. The number of nitrogens with one attached hydrogen (secondary N) is 1. The fourth-order valence-electron chi connectivity index (χ4n) is 2.44. The topological polar surface area (TPSA) is 42.7 Å². The van der Waals surface area contributed by atoms with E-state index in [1.165, 1.54) is 32.1 Å². The van der Waals surface area contributed by atoms with Gasteiger partial charge in [-0.25, -0.2) is 0 Å². The molecule has 1 aromatic heterocycles. The summed E-state index contributed by atoms with van der Waals surface area (Å²) >= 11 is 0. The molecule has 0 aliphatic heterocycles. The Balaban J connectivity index is 1.71. The summed E-state index contributed by atoms with van der Waals surface area (Å²) < 4.78 is 2.15. The van der Waals surface area contributed by atoms with Crippen molar-refractivity contribution >= 4 is 0 Å². The molecule has 0 saturated heterocycles. The Kier molecular flexibility index (Phi) is 4.34. The van der Waals surface area contributed by atoms with Crippen LogP contribution in [0.15, 0.2) is 6.33 Å². The molecule has 16 heavy (non-hydrogen) atoms. The predicted molar refractivity (Wildman–Crippen MR) is 64.3 cm³/mol. The first kappa shape index (κ1) is 11.6. The van der Waals surface area contributed by atoms with Crippen LogP contribution in [-0.4, -0.2) is 27.4 Å². The summed E-state index contributed by atoms with van der Waals surface area (Å²) in [5.41, 5.74) is 0. The molecule has 1 fully saturated rings. The SMILES string of the molecule is CCc1nncn1CCNC1CCCCC1. The molecule has 4 heteroatoms. The fourth-order valence-corrected chi connectivity index (χ4v) is 2.44. The van der Waals surface area contributed by atoms with Crippen LogP contribution in [0.3, 0.4) is 0 Å². The standard InChI is InChI=1S/C12H22N4/c1-2-12-15-14-10-16(12)9-8-13-11-6-4-3-5-7-11/h10-11,13H,2-9H2,1H3. The molecule has 2 rings (SSSR count). The van der Waals surface area contributed by atoms with E-state index in [0.29, 0.717) is 0 Å². The normalized spacial score (nSPS) is 17.8. The Bertz CT molecular complexity index is 302. The lowest BCUT2D eigenvalue weighted by Gasteiger charge is -2.22. The van der Waals surface area contributed by atoms with Gasteiger partial charge in [-0.05, 0) is 12.8 Å². The van der Waals surface area contributed by atoms with Gasteiger partial charge < -0.3 is 9.88 Å². The quantitative estimate of drug-likeness (QED) is 0.825. The van der Waals surface area contributed by atoms with Crippen molar-refractivity contribution in [2.75, 3.05) is 6.54 Å². The van der Waals surface area contributed by atoms with Gasteiger partial charge in [-0.2, -0.15) is 0 Å². The molecule has 0 atom stereocenters. The van der Waals surface area contributed by atoms with Crippen LogP contribution in [-0.2, 0) is 13.0 Å². The van der Waals surface area contributed by atoms with Crippen molar-refractivity contribution in [2.24, 2.45) is 0 Å². The van der Waals surface area contributed by atoms with Crippen molar-refractivity contribution < 1.29 is 0 Å². The zero-order valence-corrected chi connectivity index (χ0v) is 10.2. The maximum atomic E-state index is 4.09. The van der Waals surface area contributed by atoms with E-state index in [-0.39, 0.29) is 0 Å². The Labute approximate surface area is 97.5 Å². The average Bonchev–Trinajstić information content (AvgIpc) is 2.78. The van der Waals surface area contributed by atoms with Gasteiger partial charge in [0.1, 0.15) is 12.2 Å². The lowest BCUT2D eigenvalue weighted by molar-refractivity contribution is 0.367. The van der Waals surface area contributed by atoms with Gasteiger partial charge in [0.15, 0.2) is 0 Å². The predicted octanol–water partition coefficient (Wildman–Crippen LogP) is 1.76. The van der Waals surface area contributed by atoms with Crippen molar-refractivity contribution in [1.29, 1.82) is 0 Å². The molecule has 0 amide bonds. The van der Waals surface area contributed by atoms with E-state index in [1.807, 2.05) is 6.33 Å². The molecule has 1 heterocycles. The molecule has 90 valence electrons. The molecule has 1 aromatic rings. The second-order valence-electron chi connectivity index (χ2n) is 4.58. The molecule has 4 nitrogen and oxygen atoms in total. The molecule has 0 spiro atoms. The molecule has 1 aliphatic carbocycles. The van der Waals surface area contributed by atoms with E-state index < -0.39 is 0 Å². The number of aryl methyl sites for hydroxylation is 1. The maximum Gasteiger partial charge on any atom is 0.132 e. The third-order valence-corrected chi connectivity index (χ3v) is 3.40. The van der Waals surface area contributed by atoms with Crippen LogP contribution < -0.4 is 5.32 Å². The van der Waals surface area contributed by atoms with E-state index >= 15 is 0 Å². The number of rotatable bonds is 5. The largest absolute Gasteiger partial charge is 0.316 e. The van der Waals surface area contributed by atoms with Crippen LogP contribution in [0.5, 0.6) is 0 Å². The zero-order chi connectivity index (χ0) is 11.2. The lowest BCUT2D eigenvalue weighted by atomic mass is 9.95. The smallest absolute Gasteiger partial charge is 0.132 e. The Morgan fingerprint density at radius 1 is 1.38 bits per heavy atom. The van der Waals surface area contributed by atoms with Crippen LogP contribution in [0.1, 0.15) is 44.9 Å². The highest BCUT2D eigenvalue weighted by molar-refractivity contribution is 4.84. The fraction of sp³-hybridized carbons (Fsp3) is 0.833. The first-order chi connectivity index (χ1) is 7.90. The van der Waals surface area contributed by atoms with Crippen molar-refractivity contribution in [1.82, 2.24) is 20.1 Å². The van der Waals surface area contributed by atoms with E-state index in [0.717, 1.165) is 31.4 Å². The van der Waals surface area contributed by atoms with Gasteiger partial charge >= 0.3 is 0 Å². The minimum atomic E-state index is 0.746. The minimum Gasteiger partial charge on any atom is -0.316 e. The Morgan fingerprint density at radius 3 is 2.94 bits per heavy atom. The van der Waals surface area contributed by atoms with Crippen LogP contribution in [0, 0.1) is 0 Å². The molecular weight excluding hydrogens is 200 g/mol. The monoisotopic (exact) mass is 222 g/mol. The van der Waals surface area contributed by atoms with Crippen LogP contribution in [0.25, 0.3) is 0 Å². The second kappa shape index (κ2) is 5.99. The molecule has 0 bridgehead atoms. The van der Waals surface area contributed by atoms with Gasteiger partial charge in [0, 0.05) is 25.6 Å². The first-order valence-electron chi connectivity index (χ1n) is 6.50. The van der Waals surface area contributed by atoms with Crippen molar-refractivity contribution in [3.63, 3.8) is 0 Å². The van der Waals surface area contributed by atoms with E-state index in [9.17, 15) is 0 Å². The second-order valence-corrected chi connectivity index (χ2v) is 4.58. The summed E-state index contributed by atoms with van der Waals surface area (Å²) in [5, 5.41) is 11.7. The summed E-state index contributed by atoms with van der Waals surface area (Å²) in [6.07, 6.45) is 9.70. The van der Waals surface area contributed by atoms with Gasteiger partial charge in [-0.3, -0.25) is 0 Å². The van der Waals surface area contributed by atoms with Crippen molar-refractivity contribution in [2.45, 2.75) is 58.0 Å². The maximum absolute atomic E-state index is 4.09. The summed E-state index contributed by atoms with van der Waals surface area (Å²) in [4.78, 5) is 0.